The van der Waals surface area contributed by atoms with Crippen LogP contribution >= 0.6 is 0 Å². The Morgan fingerprint density at radius 1 is 1.47 bits per heavy atom. The van der Waals surface area contributed by atoms with Crippen molar-refractivity contribution in [3.05, 3.63) is 12.4 Å². The van der Waals surface area contributed by atoms with Crippen molar-refractivity contribution < 1.29 is 4.74 Å². The number of hydrogen-bond acceptors (Lipinski definition) is 4. The molecule has 1 aliphatic heterocycles. The maximum Gasteiger partial charge on any atom is 0.205 e. The first kappa shape index (κ1) is 10.4. The van der Waals surface area contributed by atoms with E-state index in [2.05, 4.69) is 19.8 Å². The second-order valence-corrected chi connectivity index (χ2v) is 3.65. The summed E-state index contributed by atoms with van der Waals surface area (Å²) in [7, 11) is 1.72. The third-order valence-corrected chi connectivity index (χ3v) is 2.63. The lowest BCUT2D eigenvalue weighted by atomic mass is 10.4. The summed E-state index contributed by atoms with van der Waals surface area (Å²) in [6.07, 6.45) is 3.86. The van der Waals surface area contributed by atoms with Gasteiger partial charge in [-0.2, -0.15) is 0 Å². The number of methoxy groups -OCH3 is 1. The summed E-state index contributed by atoms with van der Waals surface area (Å²) in [5, 5.41) is 3.34. The average Bonchev–Trinajstić information content (AvgIpc) is 2.75. The number of nitrogens with one attached hydrogen (secondary N) is 1. The van der Waals surface area contributed by atoms with Gasteiger partial charge in [-0.1, -0.05) is 0 Å². The van der Waals surface area contributed by atoms with Crippen LogP contribution in [0, 0.1) is 0 Å². The molecule has 2 heterocycles. The molecule has 0 atom stereocenters. The van der Waals surface area contributed by atoms with Crippen LogP contribution in [-0.2, 0) is 11.3 Å². The molecule has 0 unspecified atom stereocenters. The van der Waals surface area contributed by atoms with Crippen LogP contribution in [0.5, 0.6) is 0 Å². The lowest BCUT2D eigenvalue weighted by Crippen LogP contribution is -2.44. The van der Waals surface area contributed by atoms with Crippen molar-refractivity contribution in [3.8, 4) is 0 Å². The van der Waals surface area contributed by atoms with E-state index in [0.29, 0.717) is 0 Å². The van der Waals surface area contributed by atoms with Crippen molar-refractivity contribution in [1.82, 2.24) is 14.9 Å². The maximum atomic E-state index is 5.08. The first-order valence-electron chi connectivity index (χ1n) is 5.37. The van der Waals surface area contributed by atoms with Gasteiger partial charge in [0.2, 0.25) is 5.95 Å². The van der Waals surface area contributed by atoms with Crippen LogP contribution in [0.25, 0.3) is 0 Å². The van der Waals surface area contributed by atoms with Gasteiger partial charge in [0.25, 0.3) is 0 Å². The molecule has 1 aliphatic rings. The van der Waals surface area contributed by atoms with Gasteiger partial charge in [-0.05, 0) is 0 Å². The molecule has 5 heteroatoms. The second-order valence-electron chi connectivity index (χ2n) is 3.65. The number of piperazine rings is 1. The highest BCUT2D eigenvalue weighted by Gasteiger charge is 2.14. The Kier molecular flexibility index (Phi) is 3.58. The highest BCUT2D eigenvalue weighted by atomic mass is 16.5. The Bertz CT molecular complexity index is 293. The summed E-state index contributed by atoms with van der Waals surface area (Å²) < 4.78 is 7.23. The fraction of sp³-hybridized carbons (Fsp3) is 0.700. The molecule has 1 saturated heterocycles. The van der Waals surface area contributed by atoms with E-state index in [1.54, 1.807) is 7.11 Å². The number of imidazole rings is 1. The summed E-state index contributed by atoms with van der Waals surface area (Å²) in [6.45, 7) is 5.74. The zero-order valence-electron chi connectivity index (χ0n) is 9.15. The minimum absolute atomic E-state index is 0.732. The first-order chi connectivity index (χ1) is 7.42. The molecule has 1 aromatic heterocycles. The molecule has 1 N–H and O–H groups in total. The molecule has 0 aliphatic carbocycles. The summed E-state index contributed by atoms with van der Waals surface area (Å²) >= 11 is 0. The van der Waals surface area contributed by atoms with Gasteiger partial charge in [0, 0.05) is 52.2 Å². The minimum atomic E-state index is 0.732. The van der Waals surface area contributed by atoms with Gasteiger partial charge in [-0.25, -0.2) is 4.98 Å². The normalized spacial score (nSPS) is 17.0. The topological polar surface area (TPSA) is 42.3 Å². The summed E-state index contributed by atoms with van der Waals surface area (Å²) in [5.41, 5.74) is 0. The predicted molar refractivity (Wildman–Crippen MR) is 59.2 cm³/mol. The van der Waals surface area contributed by atoms with Gasteiger partial charge in [-0.3, -0.25) is 0 Å². The van der Waals surface area contributed by atoms with Crippen molar-refractivity contribution in [1.29, 1.82) is 0 Å². The van der Waals surface area contributed by atoms with Gasteiger partial charge in [-0.15, -0.1) is 0 Å². The molecule has 0 saturated carbocycles. The van der Waals surface area contributed by atoms with E-state index in [-0.39, 0.29) is 0 Å². The van der Waals surface area contributed by atoms with Crippen LogP contribution in [0.4, 0.5) is 5.95 Å². The number of anilines is 1. The first-order valence-corrected chi connectivity index (χ1v) is 5.37. The Balaban J connectivity index is 2.02. The van der Waals surface area contributed by atoms with Crippen LogP contribution < -0.4 is 10.2 Å². The zero-order chi connectivity index (χ0) is 10.5. The monoisotopic (exact) mass is 210 g/mol. The standard InChI is InChI=1S/C10H18N4O/c1-15-9-8-14-7-4-12-10(14)13-5-2-11-3-6-13/h4,7,11H,2-3,5-6,8-9H2,1H3. The summed E-state index contributed by atoms with van der Waals surface area (Å²) in [5.74, 6) is 1.06. The van der Waals surface area contributed by atoms with Gasteiger partial charge >= 0.3 is 0 Å². The summed E-state index contributed by atoms with van der Waals surface area (Å²) in [4.78, 5) is 6.71. The molecule has 15 heavy (non-hydrogen) atoms. The number of ether oxygens (including phenoxy) is 1. The van der Waals surface area contributed by atoms with Crippen LogP contribution in [0.15, 0.2) is 12.4 Å². The van der Waals surface area contributed by atoms with Crippen LogP contribution in [0.2, 0.25) is 0 Å². The lowest BCUT2D eigenvalue weighted by molar-refractivity contribution is 0.187. The Morgan fingerprint density at radius 3 is 3.00 bits per heavy atom. The van der Waals surface area contributed by atoms with E-state index < -0.39 is 0 Å². The van der Waals surface area contributed by atoms with E-state index in [4.69, 9.17) is 4.74 Å². The van der Waals surface area contributed by atoms with Crippen molar-refractivity contribution in [2.24, 2.45) is 0 Å². The number of hydrogen-bond donors (Lipinski definition) is 1. The van der Waals surface area contributed by atoms with Gasteiger partial charge in [0.05, 0.1) is 6.61 Å². The van der Waals surface area contributed by atoms with E-state index in [1.165, 1.54) is 0 Å². The van der Waals surface area contributed by atoms with Crippen molar-refractivity contribution in [3.63, 3.8) is 0 Å². The zero-order valence-corrected chi connectivity index (χ0v) is 9.15. The highest BCUT2D eigenvalue weighted by Crippen LogP contribution is 2.11. The lowest BCUT2D eigenvalue weighted by Gasteiger charge is -2.28. The fourth-order valence-corrected chi connectivity index (χ4v) is 1.81. The largest absolute Gasteiger partial charge is 0.383 e. The molecule has 0 spiro atoms. The van der Waals surface area contributed by atoms with Crippen molar-refractivity contribution in [2.75, 3.05) is 44.8 Å². The third-order valence-electron chi connectivity index (χ3n) is 2.63. The van der Waals surface area contributed by atoms with E-state index >= 15 is 0 Å². The van der Waals surface area contributed by atoms with Crippen molar-refractivity contribution >= 4 is 5.95 Å². The Labute approximate surface area is 90.0 Å². The fourth-order valence-electron chi connectivity index (χ4n) is 1.81. The van der Waals surface area contributed by atoms with Gasteiger partial charge in [0.15, 0.2) is 0 Å². The molecular formula is C10H18N4O. The van der Waals surface area contributed by atoms with Crippen LogP contribution in [-0.4, -0.2) is 49.4 Å². The predicted octanol–water partition coefficient (Wildman–Crippen LogP) is -0.0609. The number of rotatable bonds is 4. The summed E-state index contributed by atoms with van der Waals surface area (Å²) in [6, 6.07) is 0. The van der Waals surface area contributed by atoms with E-state index in [1.807, 2.05) is 12.4 Å². The van der Waals surface area contributed by atoms with Gasteiger partial charge < -0.3 is 19.5 Å². The maximum absolute atomic E-state index is 5.08. The molecule has 0 amide bonds. The van der Waals surface area contributed by atoms with Crippen LogP contribution in [0.3, 0.4) is 0 Å². The number of nitrogens with zero attached hydrogens (tertiary/aromatic N) is 3. The minimum Gasteiger partial charge on any atom is -0.383 e. The molecule has 0 bridgehead atoms. The molecule has 84 valence electrons. The molecule has 0 radical (unpaired) electrons. The SMILES string of the molecule is COCCn1ccnc1N1CCNCC1. The molecule has 1 aromatic rings. The molecule has 2 rings (SSSR count). The smallest absolute Gasteiger partial charge is 0.205 e. The molecule has 1 fully saturated rings. The van der Waals surface area contributed by atoms with Gasteiger partial charge in [0.1, 0.15) is 0 Å². The Hall–Kier alpha value is -1.07. The van der Waals surface area contributed by atoms with Crippen molar-refractivity contribution in [2.45, 2.75) is 6.54 Å². The Morgan fingerprint density at radius 2 is 2.27 bits per heavy atom. The van der Waals surface area contributed by atoms with Crippen LogP contribution in [0.1, 0.15) is 0 Å². The van der Waals surface area contributed by atoms with E-state index in [9.17, 15) is 0 Å². The molecule has 5 nitrogen and oxygen atoms in total. The second kappa shape index (κ2) is 5.14. The quantitative estimate of drug-likeness (QED) is 0.756. The van der Waals surface area contributed by atoms with E-state index in [0.717, 1.165) is 45.3 Å². The molecular weight excluding hydrogens is 192 g/mol. The average molecular weight is 210 g/mol. The molecule has 0 aromatic carbocycles. The highest BCUT2D eigenvalue weighted by molar-refractivity contribution is 5.32. The number of aromatic nitrogens is 2. The third kappa shape index (κ3) is 2.49.